The van der Waals surface area contributed by atoms with Crippen molar-refractivity contribution in [3.8, 4) is 0 Å². The number of thioether (sulfide) groups is 1. The molecule has 0 radical (unpaired) electrons. The van der Waals surface area contributed by atoms with Gasteiger partial charge in [-0.05, 0) is 48.5 Å². The Labute approximate surface area is 209 Å². The minimum absolute atomic E-state index is 0.206. The molecule has 1 aliphatic heterocycles. The van der Waals surface area contributed by atoms with Crippen molar-refractivity contribution >= 4 is 55.8 Å². The van der Waals surface area contributed by atoms with Gasteiger partial charge < -0.3 is 4.57 Å². The second kappa shape index (κ2) is 9.24. The number of hydrogen-bond acceptors (Lipinski definition) is 3. The molecule has 1 aromatic heterocycles. The molecule has 1 fully saturated rings. The molecule has 3 aromatic carbocycles. The second-order valence-electron chi connectivity index (χ2n) is 8.05. The lowest BCUT2D eigenvalue weighted by molar-refractivity contribution is -0.123. The van der Waals surface area contributed by atoms with Gasteiger partial charge in [0.1, 0.15) is 5.82 Å². The maximum absolute atomic E-state index is 14.4. The Morgan fingerprint density at radius 2 is 1.59 bits per heavy atom. The number of imide groups is 1. The predicted molar refractivity (Wildman–Crippen MR) is 138 cm³/mol. The monoisotopic (exact) mass is 534 g/mol. The SMILES string of the molecule is Cc1c(/C=C2\SC(=O)N(Cc3ccccc3Br)C2=O)c2ccccc2n1Cc1ccccc1F. The molecule has 0 aliphatic carbocycles. The highest BCUT2D eigenvalue weighted by Gasteiger charge is 2.35. The number of carbonyl (C=O) groups is 2. The molecule has 0 saturated carbocycles. The van der Waals surface area contributed by atoms with Gasteiger partial charge >= 0.3 is 0 Å². The molecule has 1 aliphatic rings. The first-order chi connectivity index (χ1) is 16.4. The van der Waals surface area contributed by atoms with Crippen LogP contribution in [0.15, 0.2) is 82.2 Å². The lowest BCUT2D eigenvalue weighted by Gasteiger charge is -2.13. The number of halogens is 2. The first kappa shape index (κ1) is 22.6. The quantitative estimate of drug-likeness (QED) is 0.255. The molecule has 170 valence electrons. The van der Waals surface area contributed by atoms with E-state index in [2.05, 4.69) is 15.9 Å². The van der Waals surface area contributed by atoms with Gasteiger partial charge in [0.2, 0.25) is 0 Å². The van der Waals surface area contributed by atoms with Crippen LogP contribution in [0, 0.1) is 12.7 Å². The maximum Gasteiger partial charge on any atom is 0.293 e. The highest BCUT2D eigenvalue weighted by molar-refractivity contribution is 9.10. The van der Waals surface area contributed by atoms with Crippen LogP contribution in [0.3, 0.4) is 0 Å². The van der Waals surface area contributed by atoms with E-state index in [0.29, 0.717) is 17.0 Å². The number of para-hydroxylation sites is 1. The van der Waals surface area contributed by atoms with Gasteiger partial charge in [-0.3, -0.25) is 14.5 Å². The number of amides is 2. The molecule has 4 aromatic rings. The summed E-state index contributed by atoms with van der Waals surface area (Å²) in [7, 11) is 0. The van der Waals surface area contributed by atoms with Crippen molar-refractivity contribution in [1.29, 1.82) is 0 Å². The standard InChI is InChI=1S/C27H20BrFN2O2S/c1-17-21(14-25-26(32)31(27(33)34-25)15-18-8-2-5-11-22(18)28)20-10-4-7-13-24(20)30(17)16-19-9-3-6-12-23(19)29/h2-14H,15-16H2,1H3/b25-14-. The fourth-order valence-electron chi connectivity index (χ4n) is 4.21. The van der Waals surface area contributed by atoms with E-state index in [4.69, 9.17) is 0 Å². The molecule has 2 amide bonds. The van der Waals surface area contributed by atoms with Crippen LogP contribution in [-0.2, 0) is 17.9 Å². The molecule has 0 spiro atoms. The average molecular weight is 535 g/mol. The van der Waals surface area contributed by atoms with Crippen molar-refractivity contribution in [2.24, 2.45) is 0 Å². The number of hydrogen-bond donors (Lipinski definition) is 0. The highest BCUT2D eigenvalue weighted by atomic mass is 79.9. The van der Waals surface area contributed by atoms with Gasteiger partial charge in [-0.2, -0.15) is 0 Å². The lowest BCUT2D eigenvalue weighted by Crippen LogP contribution is -2.27. The van der Waals surface area contributed by atoms with E-state index in [1.165, 1.54) is 11.0 Å². The van der Waals surface area contributed by atoms with Crippen molar-refractivity contribution < 1.29 is 14.0 Å². The maximum atomic E-state index is 14.4. The lowest BCUT2D eigenvalue weighted by atomic mass is 10.1. The van der Waals surface area contributed by atoms with Crippen LogP contribution >= 0.6 is 27.7 Å². The zero-order chi connectivity index (χ0) is 23.8. The van der Waals surface area contributed by atoms with Crippen molar-refractivity contribution in [2.75, 3.05) is 0 Å². The topological polar surface area (TPSA) is 42.3 Å². The first-order valence-corrected chi connectivity index (χ1v) is 12.3. The van der Waals surface area contributed by atoms with Crippen molar-refractivity contribution in [3.63, 3.8) is 0 Å². The molecule has 0 unspecified atom stereocenters. The Balaban J connectivity index is 1.53. The number of aromatic nitrogens is 1. The third-order valence-electron chi connectivity index (χ3n) is 6.00. The Bertz CT molecular complexity index is 1480. The molecule has 5 rings (SSSR count). The number of nitrogens with zero attached hydrogens (tertiary/aromatic N) is 2. The summed E-state index contributed by atoms with van der Waals surface area (Å²) in [5, 5.41) is 0.661. The molecular formula is C27H20BrFN2O2S. The smallest absolute Gasteiger partial charge is 0.293 e. The summed E-state index contributed by atoms with van der Waals surface area (Å²) in [5.41, 5.74) is 4.16. The van der Waals surface area contributed by atoms with Gasteiger partial charge in [-0.25, -0.2) is 4.39 Å². The second-order valence-corrected chi connectivity index (χ2v) is 9.90. The summed E-state index contributed by atoms with van der Waals surface area (Å²) in [5.74, 6) is -0.564. The van der Waals surface area contributed by atoms with Crippen LogP contribution < -0.4 is 0 Å². The highest BCUT2D eigenvalue weighted by Crippen LogP contribution is 2.37. The molecular weight excluding hydrogens is 515 g/mol. The van der Waals surface area contributed by atoms with Crippen LogP contribution in [0.25, 0.3) is 17.0 Å². The molecule has 2 heterocycles. The third kappa shape index (κ3) is 4.10. The van der Waals surface area contributed by atoms with Crippen LogP contribution in [-0.4, -0.2) is 20.6 Å². The normalized spacial score (nSPS) is 15.1. The largest absolute Gasteiger partial charge is 0.340 e. The molecule has 0 bridgehead atoms. The Hall–Kier alpha value is -3.16. The van der Waals surface area contributed by atoms with E-state index in [9.17, 15) is 14.0 Å². The van der Waals surface area contributed by atoms with Crippen molar-refractivity contribution in [2.45, 2.75) is 20.0 Å². The van der Waals surface area contributed by atoms with Crippen LogP contribution in [0.4, 0.5) is 9.18 Å². The van der Waals surface area contributed by atoms with Gasteiger partial charge in [0.25, 0.3) is 11.1 Å². The molecule has 0 atom stereocenters. The number of benzene rings is 3. The fraction of sp³-hybridized carbons (Fsp3) is 0.111. The number of fused-ring (bicyclic) bond motifs is 1. The summed E-state index contributed by atoms with van der Waals surface area (Å²) in [6.07, 6.45) is 1.79. The summed E-state index contributed by atoms with van der Waals surface area (Å²) in [6, 6.07) is 22.1. The van der Waals surface area contributed by atoms with Crippen LogP contribution in [0.2, 0.25) is 0 Å². The molecule has 34 heavy (non-hydrogen) atoms. The van der Waals surface area contributed by atoms with E-state index in [0.717, 1.165) is 44.0 Å². The molecule has 1 saturated heterocycles. The Kier molecular flexibility index (Phi) is 6.15. The molecule has 7 heteroatoms. The van der Waals surface area contributed by atoms with E-state index in [1.54, 1.807) is 18.2 Å². The summed E-state index contributed by atoms with van der Waals surface area (Å²) < 4.78 is 17.3. The van der Waals surface area contributed by atoms with E-state index < -0.39 is 0 Å². The zero-order valence-corrected chi connectivity index (χ0v) is 20.7. The fourth-order valence-corrected chi connectivity index (χ4v) is 5.44. The van der Waals surface area contributed by atoms with Gasteiger partial charge in [0, 0.05) is 32.2 Å². The summed E-state index contributed by atoms with van der Waals surface area (Å²) in [6.45, 7) is 2.53. The average Bonchev–Trinajstić information content (AvgIpc) is 3.25. The third-order valence-corrected chi connectivity index (χ3v) is 7.68. The van der Waals surface area contributed by atoms with Crippen molar-refractivity contribution in [3.05, 3.63) is 110 Å². The van der Waals surface area contributed by atoms with Gasteiger partial charge in [-0.1, -0.05) is 70.5 Å². The molecule has 0 N–H and O–H groups in total. The van der Waals surface area contributed by atoms with E-state index in [-0.39, 0.29) is 23.5 Å². The summed E-state index contributed by atoms with van der Waals surface area (Å²) in [4.78, 5) is 27.5. The first-order valence-electron chi connectivity index (χ1n) is 10.7. The Morgan fingerprint density at radius 1 is 0.912 bits per heavy atom. The van der Waals surface area contributed by atoms with Crippen LogP contribution in [0.1, 0.15) is 22.4 Å². The van der Waals surface area contributed by atoms with Gasteiger partial charge in [-0.15, -0.1) is 0 Å². The molecule has 4 nitrogen and oxygen atoms in total. The zero-order valence-electron chi connectivity index (χ0n) is 18.3. The minimum atomic E-state index is -0.309. The number of carbonyl (C=O) groups excluding carboxylic acids is 2. The minimum Gasteiger partial charge on any atom is -0.340 e. The predicted octanol–water partition coefficient (Wildman–Crippen LogP) is 7.14. The Morgan fingerprint density at radius 3 is 2.35 bits per heavy atom. The van der Waals surface area contributed by atoms with Gasteiger partial charge in [0.05, 0.1) is 18.0 Å². The summed E-state index contributed by atoms with van der Waals surface area (Å²) >= 11 is 4.43. The van der Waals surface area contributed by atoms with Crippen molar-refractivity contribution in [1.82, 2.24) is 9.47 Å². The van der Waals surface area contributed by atoms with Crippen LogP contribution in [0.5, 0.6) is 0 Å². The van der Waals surface area contributed by atoms with E-state index >= 15 is 0 Å². The number of rotatable bonds is 5. The van der Waals surface area contributed by atoms with Gasteiger partial charge in [0.15, 0.2) is 0 Å². The van der Waals surface area contributed by atoms with E-state index in [1.807, 2.05) is 66.1 Å².